The van der Waals surface area contributed by atoms with Crippen molar-refractivity contribution in [2.45, 2.75) is 0 Å². The lowest BCUT2D eigenvalue weighted by Crippen LogP contribution is -2.12. The van der Waals surface area contributed by atoms with Crippen molar-refractivity contribution in [1.29, 1.82) is 0 Å². The highest BCUT2D eigenvalue weighted by Gasteiger charge is 2.09. The van der Waals surface area contributed by atoms with Crippen molar-refractivity contribution >= 4 is 34.7 Å². The first-order chi connectivity index (χ1) is 12.2. The summed E-state index contributed by atoms with van der Waals surface area (Å²) in [5, 5.41) is 6.43. The predicted octanol–water partition coefficient (Wildman–Crippen LogP) is 4.74. The number of methoxy groups -OCH3 is 1. The van der Waals surface area contributed by atoms with Gasteiger partial charge in [-0.25, -0.2) is 4.98 Å². The zero-order chi connectivity index (χ0) is 17.6. The standard InChI is InChI=1S/C19H16ClN3O2/c1-25-15-8-6-14(7-9-15)22-18-12-13(10-11-21-18)19(24)23-17-5-3-2-4-16(17)20/h2-12H,1H3,(H,21,22)(H,23,24). The zero-order valence-corrected chi connectivity index (χ0v) is 14.2. The number of hydrogen-bond acceptors (Lipinski definition) is 4. The van der Waals surface area contributed by atoms with E-state index < -0.39 is 0 Å². The third-order valence-corrected chi connectivity index (χ3v) is 3.84. The second-order valence-electron chi connectivity index (χ2n) is 5.22. The normalized spacial score (nSPS) is 10.2. The number of pyridine rings is 1. The lowest BCUT2D eigenvalue weighted by atomic mass is 10.2. The first-order valence-electron chi connectivity index (χ1n) is 7.59. The van der Waals surface area contributed by atoms with Gasteiger partial charge in [-0.15, -0.1) is 0 Å². The van der Waals surface area contributed by atoms with E-state index in [0.29, 0.717) is 22.1 Å². The van der Waals surface area contributed by atoms with E-state index in [2.05, 4.69) is 15.6 Å². The van der Waals surface area contributed by atoms with Crippen LogP contribution in [-0.4, -0.2) is 18.0 Å². The Kier molecular flexibility index (Phi) is 5.16. The van der Waals surface area contributed by atoms with E-state index in [4.69, 9.17) is 16.3 Å². The molecule has 3 aromatic rings. The van der Waals surface area contributed by atoms with Crippen molar-refractivity contribution in [2.75, 3.05) is 17.7 Å². The minimum absolute atomic E-state index is 0.256. The highest BCUT2D eigenvalue weighted by atomic mass is 35.5. The van der Waals surface area contributed by atoms with Crippen LogP contribution in [0.3, 0.4) is 0 Å². The van der Waals surface area contributed by atoms with Crippen molar-refractivity contribution in [1.82, 2.24) is 4.98 Å². The van der Waals surface area contributed by atoms with Crippen LogP contribution in [0, 0.1) is 0 Å². The quantitative estimate of drug-likeness (QED) is 0.695. The molecule has 0 unspecified atom stereocenters. The summed E-state index contributed by atoms with van der Waals surface area (Å²) >= 11 is 6.07. The van der Waals surface area contributed by atoms with Crippen LogP contribution in [0.1, 0.15) is 10.4 Å². The first-order valence-corrected chi connectivity index (χ1v) is 7.96. The highest BCUT2D eigenvalue weighted by Crippen LogP contribution is 2.22. The average Bonchev–Trinajstić information content (AvgIpc) is 2.64. The number of anilines is 3. The van der Waals surface area contributed by atoms with E-state index in [-0.39, 0.29) is 5.91 Å². The van der Waals surface area contributed by atoms with Crippen molar-refractivity contribution in [3.63, 3.8) is 0 Å². The van der Waals surface area contributed by atoms with Gasteiger partial charge in [0.05, 0.1) is 17.8 Å². The van der Waals surface area contributed by atoms with E-state index in [1.54, 1.807) is 43.6 Å². The van der Waals surface area contributed by atoms with E-state index >= 15 is 0 Å². The van der Waals surface area contributed by atoms with E-state index in [1.165, 1.54) is 0 Å². The van der Waals surface area contributed by atoms with Crippen LogP contribution in [0.15, 0.2) is 66.9 Å². The second-order valence-corrected chi connectivity index (χ2v) is 5.62. The number of amides is 1. The van der Waals surface area contributed by atoms with Crippen LogP contribution in [0.4, 0.5) is 17.2 Å². The molecule has 0 aliphatic carbocycles. The molecule has 6 heteroatoms. The van der Waals surface area contributed by atoms with E-state index in [0.717, 1.165) is 11.4 Å². The molecule has 5 nitrogen and oxygen atoms in total. The number of halogens is 1. The molecule has 2 N–H and O–H groups in total. The molecule has 1 heterocycles. The Bertz CT molecular complexity index is 882. The van der Waals surface area contributed by atoms with Gasteiger partial charge in [-0.05, 0) is 48.5 Å². The molecule has 2 aromatic carbocycles. The number of ether oxygens (including phenoxy) is 1. The molecule has 1 aromatic heterocycles. The molecule has 1 amide bonds. The van der Waals surface area contributed by atoms with Gasteiger partial charge in [-0.3, -0.25) is 4.79 Å². The highest BCUT2D eigenvalue weighted by molar-refractivity contribution is 6.33. The van der Waals surface area contributed by atoms with Crippen LogP contribution >= 0.6 is 11.6 Å². The fourth-order valence-electron chi connectivity index (χ4n) is 2.22. The summed E-state index contributed by atoms with van der Waals surface area (Å²) in [6, 6.07) is 17.8. The molecule has 0 radical (unpaired) electrons. The average molecular weight is 354 g/mol. The number of nitrogens with one attached hydrogen (secondary N) is 2. The molecule has 0 bridgehead atoms. The lowest BCUT2D eigenvalue weighted by molar-refractivity contribution is 0.102. The number of aromatic nitrogens is 1. The Balaban J connectivity index is 1.74. The first kappa shape index (κ1) is 16.8. The minimum atomic E-state index is -0.256. The van der Waals surface area contributed by atoms with Crippen LogP contribution in [0.2, 0.25) is 5.02 Å². The summed E-state index contributed by atoms with van der Waals surface area (Å²) in [7, 11) is 1.62. The van der Waals surface area contributed by atoms with Gasteiger partial charge in [0.1, 0.15) is 11.6 Å². The number of hydrogen-bond donors (Lipinski definition) is 2. The Labute approximate surface area is 150 Å². The largest absolute Gasteiger partial charge is 0.497 e. The predicted molar refractivity (Wildman–Crippen MR) is 99.9 cm³/mol. The molecule has 0 aliphatic rings. The Morgan fingerprint density at radius 3 is 2.56 bits per heavy atom. The number of carbonyl (C=O) groups is 1. The summed E-state index contributed by atoms with van der Waals surface area (Å²) in [5.74, 6) is 1.08. The molecular formula is C19H16ClN3O2. The molecule has 3 rings (SSSR count). The van der Waals surface area contributed by atoms with Crippen molar-refractivity contribution in [3.8, 4) is 5.75 Å². The molecule has 126 valence electrons. The number of carbonyl (C=O) groups excluding carboxylic acids is 1. The molecular weight excluding hydrogens is 338 g/mol. The van der Waals surface area contributed by atoms with Crippen molar-refractivity contribution < 1.29 is 9.53 Å². The molecule has 0 atom stereocenters. The molecule has 0 fully saturated rings. The lowest BCUT2D eigenvalue weighted by Gasteiger charge is -2.09. The number of benzene rings is 2. The Morgan fingerprint density at radius 2 is 1.84 bits per heavy atom. The molecule has 0 aliphatic heterocycles. The summed E-state index contributed by atoms with van der Waals surface area (Å²) in [4.78, 5) is 16.6. The smallest absolute Gasteiger partial charge is 0.255 e. The Hall–Kier alpha value is -3.05. The van der Waals surface area contributed by atoms with Gasteiger partial charge in [-0.1, -0.05) is 23.7 Å². The molecule has 0 spiro atoms. The topological polar surface area (TPSA) is 63.2 Å². The fraction of sp³-hybridized carbons (Fsp3) is 0.0526. The van der Waals surface area contributed by atoms with Gasteiger partial charge in [-0.2, -0.15) is 0 Å². The Morgan fingerprint density at radius 1 is 1.08 bits per heavy atom. The number of para-hydroxylation sites is 1. The maximum Gasteiger partial charge on any atom is 0.255 e. The SMILES string of the molecule is COc1ccc(Nc2cc(C(=O)Nc3ccccc3Cl)ccn2)cc1. The van der Waals surface area contributed by atoms with Gasteiger partial charge in [0.15, 0.2) is 0 Å². The van der Waals surface area contributed by atoms with Crippen LogP contribution in [0.25, 0.3) is 0 Å². The molecule has 25 heavy (non-hydrogen) atoms. The van der Waals surface area contributed by atoms with E-state index in [9.17, 15) is 4.79 Å². The summed E-state index contributed by atoms with van der Waals surface area (Å²) in [6.07, 6.45) is 1.58. The van der Waals surface area contributed by atoms with Gasteiger partial charge in [0.25, 0.3) is 5.91 Å². The third kappa shape index (κ3) is 4.28. The third-order valence-electron chi connectivity index (χ3n) is 3.51. The van der Waals surface area contributed by atoms with Crippen LogP contribution in [0.5, 0.6) is 5.75 Å². The molecule has 0 saturated carbocycles. The number of rotatable bonds is 5. The van der Waals surface area contributed by atoms with Gasteiger partial charge in [0, 0.05) is 17.4 Å². The second kappa shape index (κ2) is 7.68. The molecule has 0 saturated heterocycles. The van der Waals surface area contributed by atoms with Crippen molar-refractivity contribution in [2.24, 2.45) is 0 Å². The summed E-state index contributed by atoms with van der Waals surface area (Å²) in [5.41, 5.74) is 1.89. The maximum atomic E-state index is 12.4. The van der Waals surface area contributed by atoms with Gasteiger partial charge < -0.3 is 15.4 Å². The summed E-state index contributed by atoms with van der Waals surface area (Å²) in [6.45, 7) is 0. The van der Waals surface area contributed by atoms with Gasteiger partial charge in [0.2, 0.25) is 0 Å². The van der Waals surface area contributed by atoms with Crippen molar-refractivity contribution in [3.05, 3.63) is 77.4 Å². The summed E-state index contributed by atoms with van der Waals surface area (Å²) < 4.78 is 5.13. The number of nitrogens with zero attached hydrogens (tertiary/aromatic N) is 1. The minimum Gasteiger partial charge on any atom is -0.497 e. The maximum absolute atomic E-state index is 12.4. The monoisotopic (exact) mass is 353 g/mol. The van der Waals surface area contributed by atoms with E-state index in [1.807, 2.05) is 30.3 Å². The fourth-order valence-corrected chi connectivity index (χ4v) is 2.40. The van der Waals surface area contributed by atoms with Crippen LogP contribution in [-0.2, 0) is 0 Å². The van der Waals surface area contributed by atoms with Gasteiger partial charge >= 0.3 is 0 Å². The van der Waals surface area contributed by atoms with Crippen LogP contribution < -0.4 is 15.4 Å². The zero-order valence-electron chi connectivity index (χ0n) is 13.5.